The molecule has 6 heteroatoms. The zero-order valence-corrected chi connectivity index (χ0v) is 15.7. The summed E-state index contributed by atoms with van der Waals surface area (Å²) in [6.07, 6.45) is 1.77. The third-order valence-corrected chi connectivity index (χ3v) is 7.22. The summed E-state index contributed by atoms with van der Waals surface area (Å²) in [6, 6.07) is 8.25. The summed E-state index contributed by atoms with van der Waals surface area (Å²) in [6.45, 7) is 7.58. The molecule has 1 aliphatic rings. The Morgan fingerprint density at radius 2 is 1.83 bits per heavy atom. The first kappa shape index (κ1) is 17.7. The van der Waals surface area contributed by atoms with E-state index in [0.29, 0.717) is 13.0 Å². The minimum atomic E-state index is -4.65. The molecule has 0 bridgehead atoms. The average Bonchev–Trinajstić information content (AvgIpc) is 2.46. The van der Waals surface area contributed by atoms with Gasteiger partial charge in [0.2, 0.25) is 0 Å². The van der Waals surface area contributed by atoms with Gasteiger partial charge in [-0.05, 0) is 0 Å². The maximum absolute atomic E-state index is 13.0. The quantitative estimate of drug-likeness (QED) is 0.736. The fourth-order valence-electron chi connectivity index (χ4n) is 2.31. The van der Waals surface area contributed by atoms with Crippen molar-refractivity contribution >= 4 is 23.3 Å². The van der Waals surface area contributed by atoms with Crippen LogP contribution in [0.15, 0.2) is 41.0 Å². The first-order chi connectivity index (χ1) is 10.6. The fraction of sp³-hybridized carbons (Fsp3) is 0.471. The molecule has 1 amide bonds. The zero-order valence-electron chi connectivity index (χ0n) is 13.9. The van der Waals surface area contributed by atoms with Crippen LogP contribution in [0.4, 0.5) is 4.79 Å². The van der Waals surface area contributed by atoms with Crippen LogP contribution in [0, 0.1) is 5.92 Å². The van der Waals surface area contributed by atoms with E-state index in [1.165, 1.54) is 4.90 Å². The van der Waals surface area contributed by atoms with Gasteiger partial charge in [-0.1, -0.05) is 0 Å². The van der Waals surface area contributed by atoms with Crippen LogP contribution in [-0.4, -0.2) is 35.8 Å². The molecule has 0 saturated carbocycles. The molecular weight excluding hydrogens is 361 g/mol. The van der Waals surface area contributed by atoms with Crippen LogP contribution >= 0.6 is 0 Å². The molecule has 2 rings (SSSR count). The van der Waals surface area contributed by atoms with Crippen molar-refractivity contribution in [2.75, 3.05) is 6.54 Å². The number of amides is 1. The number of ether oxygens (including phenoxy) is 1. The van der Waals surface area contributed by atoms with Crippen LogP contribution in [-0.2, 0) is 12.4 Å². The third kappa shape index (κ3) is 4.21. The normalized spacial score (nSPS) is 19.2. The fourth-order valence-corrected chi connectivity index (χ4v) is 5.72. The molecule has 0 radical (unpaired) electrons. The molecule has 5 nitrogen and oxygen atoms in total. The van der Waals surface area contributed by atoms with Crippen molar-refractivity contribution in [3.8, 4) is 0 Å². The number of rotatable bonds is 2. The summed E-state index contributed by atoms with van der Waals surface area (Å²) in [5.41, 5.74) is -0.671. The van der Waals surface area contributed by atoms with Gasteiger partial charge in [0.25, 0.3) is 0 Å². The second-order valence-electron chi connectivity index (χ2n) is 6.72. The van der Waals surface area contributed by atoms with Crippen LogP contribution in [0.5, 0.6) is 0 Å². The van der Waals surface area contributed by atoms with Crippen LogP contribution in [0.2, 0.25) is 0 Å². The molecule has 0 saturated heterocycles. The van der Waals surface area contributed by atoms with Crippen molar-refractivity contribution in [1.29, 1.82) is 0 Å². The Balaban J connectivity index is 2.41. The van der Waals surface area contributed by atoms with E-state index in [1.54, 1.807) is 57.2 Å². The molecule has 1 aromatic rings. The predicted octanol–water partition coefficient (Wildman–Crippen LogP) is 2.90. The van der Waals surface area contributed by atoms with Crippen LogP contribution < -0.4 is 4.46 Å². The van der Waals surface area contributed by atoms with Gasteiger partial charge in [0, 0.05) is 0 Å². The Bertz CT molecular complexity index is 702. The summed E-state index contributed by atoms with van der Waals surface area (Å²) in [5, 5.41) is 0. The summed E-state index contributed by atoms with van der Waals surface area (Å²) in [5.74, 6) is 0.104. The van der Waals surface area contributed by atoms with E-state index in [0.717, 1.165) is 0 Å². The molecule has 0 aromatic heterocycles. The van der Waals surface area contributed by atoms with Gasteiger partial charge in [0.1, 0.15) is 0 Å². The van der Waals surface area contributed by atoms with Crippen LogP contribution in [0.1, 0.15) is 34.1 Å². The number of carbonyl (C=O) groups excluding carboxylic acids is 1. The van der Waals surface area contributed by atoms with Crippen LogP contribution in [0.25, 0.3) is 0 Å². The first-order valence-corrected chi connectivity index (χ1v) is 10.7. The number of nitrogens with zero attached hydrogens (tertiary/aromatic N) is 1. The Morgan fingerprint density at radius 1 is 1.22 bits per heavy atom. The second-order valence-corrected chi connectivity index (χ2v) is 10.7. The molecule has 1 aromatic carbocycles. The predicted molar refractivity (Wildman–Crippen MR) is 88.0 cm³/mol. The van der Waals surface area contributed by atoms with Crippen LogP contribution in [0.3, 0.4) is 0 Å². The SMILES string of the molecule is CC1C=C([Se](=O)(=O)c2ccccc2)N(C(=O)OC(C)(C)C)CC1. The van der Waals surface area contributed by atoms with Crippen molar-refractivity contribution in [1.82, 2.24) is 4.90 Å². The summed E-state index contributed by atoms with van der Waals surface area (Å²) >= 11 is -4.65. The number of allylic oxidation sites excluding steroid dienone is 1. The third-order valence-electron chi connectivity index (χ3n) is 3.44. The molecule has 0 aliphatic carbocycles. The molecular formula is C17H23NO4Se. The van der Waals surface area contributed by atoms with E-state index in [9.17, 15) is 12.5 Å². The van der Waals surface area contributed by atoms with Crippen molar-refractivity contribution in [2.24, 2.45) is 5.92 Å². The van der Waals surface area contributed by atoms with Crippen molar-refractivity contribution < 1.29 is 17.2 Å². The van der Waals surface area contributed by atoms with Gasteiger partial charge in [0.15, 0.2) is 0 Å². The maximum atomic E-state index is 13.0. The van der Waals surface area contributed by atoms with E-state index >= 15 is 0 Å². The van der Waals surface area contributed by atoms with Crippen molar-refractivity contribution in [2.45, 2.75) is 39.7 Å². The number of carbonyl (C=O) groups is 1. The van der Waals surface area contributed by atoms with E-state index in [4.69, 9.17) is 4.74 Å². The molecule has 0 N–H and O–H groups in total. The molecule has 0 fully saturated rings. The van der Waals surface area contributed by atoms with Crippen molar-refractivity contribution in [3.05, 3.63) is 41.0 Å². The molecule has 1 unspecified atom stereocenters. The Labute approximate surface area is 138 Å². The van der Waals surface area contributed by atoms with E-state index in [-0.39, 0.29) is 15.0 Å². The second kappa shape index (κ2) is 6.46. The Hall–Kier alpha value is -1.65. The number of hydrogen-bond acceptors (Lipinski definition) is 4. The molecule has 23 heavy (non-hydrogen) atoms. The van der Waals surface area contributed by atoms with Gasteiger partial charge in [-0.3, -0.25) is 0 Å². The minimum absolute atomic E-state index is 0.0838. The van der Waals surface area contributed by atoms with E-state index in [2.05, 4.69) is 0 Å². The number of hydrogen-bond donors (Lipinski definition) is 0. The van der Waals surface area contributed by atoms with Gasteiger partial charge >= 0.3 is 139 Å². The molecule has 1 aliphatic heterocycles. The molecule has 1 atom stereocenters. The summed E-state index contributed by atoms with van der Waals surface area (Å²) in [4.78, 5) is 13.7. The Kier molecular flexibility index (Phi) is 4.97. The van der Waals surface area contributed by atoms with E-state index < -0.39 is 24.4 Å². The van der Waals surface area contributed by atoms with Gasteiger partial charge in [-0.15, -0.1) is 0 Å². The van der Waals surface area contributed by atoms with Gasteiger partial charge in [-0.2, -0.15) is 0 Å². The van der Waals surface area contributed by atoms with Crippen molar-refractivity contribution in [3.63, 3.8) is 0 Å². The number of benzene rings is 1. The van der Waals surface area contributed by atoms with E-state index in [1.807, 2.05) is 6.92 Å². The molecule has 126 valence electrons. The molecule has 0 spiro atoms. The standard InChI is InChI=1S/C17H23NO4Se/c1-13-10-11-18(16(19)22-17(2,3)4)15(12-13)23(20,21)14-8-6-5-7-9-14/h5-9,12-13H,10-11H2,1-4H3. The summed E-state index contributed by atoms with van der Waals surface area (Å²) in [7, 11) is 0. The summed E-state index contributed by atoms with van der Waals surface area (Å²) < 4.78 is 31.6. The first-order valence-electron chi connectivity index (χ1n) is 7.64. The monoisotopic (exact) mass is 385 g/mol. The Morgan fingerprint density at radius 3 is 2.39 bits per heavy atom. The van der Waals surface area contributed by atoms with Gasteiger partial charge in [-0.25, -0.2) is 0 Å². The zero-order chi connectivity index (χ0) is 17.3. The average molecular weight is 384 g/mol. The van der Waals surface area contributed by atoms with Gasteiger partial charge in [0.05, 0.1) is 0 Å². The van der Waals surface area contributed by atoms with Gasteiger partial charge < -0.3 is 0 Å². The topological polar surface area (TPSA) is 63.7 Å². The molecule has 1 heterocycles.